The first-order valence-corrected chi connectivity index (χ1v) is 7.50. The summed E-state index contributed by atoms with van der Waals surface area (Å²) in [7, 11) is 0.196. The first-order chi connectivity index (χ1) is 9.11. The molecule has 0 spiro atoms. The van der Waals surface area contributed by atoms with Crippen LogP contribution in [-0.4, -0.2) is 27.4 Å². The summed E-state index contributed by atoms with van der Waals surface area (Å²) >= 11 is 1.03. The predicted octanol–water partition coefficient (Wildman–Crippen LogP) is 2.16. The number of ether oxygens (including phenoxy) is 1. The number of nitrogens with zero attached hydrogens (tertiary/aromatic N) is 1. The molecular formula is C12H11NO4S2. The number of rotatable bonds is 5. The number of benzene rings is 1. The van der Waals surface area contributed by atoms with E-state index in [0.29, 0.717) is 16.3 Å². The molecule has 0 aliphatic carbocycles. The Kier molecular flexibility index (Phi) is 4.28. The molecular weight excluding hydrogens is 286 g/mol. The van der Waals surface area contributed by atoms with Crippen LogP contribution in [0, 0.1) is 0 Å². The van der Waals surface area contributed by atoms with Gasteiger partial charge in [0.05, 0.1) is 34.3 Å². The third kappa shape index (κ3) is 3.18. The maximum absolute atomic E-state index is 12.2. The summed E-state index contributed by atoms with van der Waals surface area (Å²) in [4.78, 5) is 15.2. The van der Waals surface area contributed by atoms with Crippen molar-refractivity contribution >= 4 is 28.1 Å². The van der Waals surface area contributed by atoms with Crippen molar-refractivity contribution in [3.05, 3.63) is 40.3 Å². The molecule has 2 rings (SSSR count). The Morgan fingerprint density at radius 1 is 1.47 bits per heavy atom. The second-order valence-electron chi connectivity index (χ2n) is 3.59. The number of carbonyl (C=O) groups is 1. The fourth-order valence-corrected chi connectivity index (χ4v) is 3.43. The lowest BCUT2D eigenvalue weighted by molar-refractivity contribution is 0.0696. The van der Waals surface area contributed by atoms with Gasteiger partial charge in [-0.25, -0.2) is 9.78 Å². The van der Waals surface area contributed by atoms with Crippen molar-refractivity contribution in [1.29, 1.82) is 0 Å². The van der Waals surface area contributed by atoms with E-state index in [1.54, 1.807) is 29.6 Å². The van der Waals surface area contributed by atoms with Crippen molar-refractivity contribution in [3.8, 4) is 5.75 Å². The number of aromatic carboxylic acids is 1. The fourth-order valence-electron chi connectivity index (χ4n) is 1.49. The Labute approximate surface area is 116 Å². The summed E-state index contributed by atoms with van der Waals surface area (Å²) in [5, 5.41) is 10.4. The summed E-state index contributed by atoms with van der Waals surface area (Å²) in [5.74, 6) is -0.349. The van der Waals surface area contributed by atoms with E-state index in [1.165, 1.54) is 7.11 Å². The van der Waals surface area contributed by atoms with E-state index in [-0.39, 0.29) is 10.8 Å². The number of aromatic nitrogens is 1. The van der Waals surface area contributed by atoms with Gasteiger partial charge in [0.1, 0.15) is 5.75 Å². The molecule has 0 radical (unpaired) electrons. The molecule has 1 heterocycles. The number of para-hydroxylation sites is 1. The lowest BCUT2D eigenvalue weighted by Gasteiger charge is -2.06. The molecule has 5 nitrogen and oxygen atoms in total. The first kappa shape index (κ1) is 13.7. The van der Waals surface area contributed by atoms with Crippen LogP contribution in [0.3, 0.4) is 0 Å². The van der Waals surface area contributed by atoms with Gasteiger partial charge in [-0.05, 0) is 12.1 Å². The molecule has 0 aliphatic rings. The SMILES string of the molecule is COc1ccccc1S(=O)Cc1csc(C(=O)O)n1. The van der Waals surface area contributed by atoms with Crippen molar-refractivity contribution in [3.63, 3.8) is 0 Å². The van der Waals surface area contributed by atoms with Crippen LogP contribution in [-0.2, 0) is 16.6 Å². The van der Waals surface area contributed by atoms with Gasteiger partial charge in [0.2, 0.25) is 5.01 Å². The van der Waals surface area contributed by atoms with E-state index in [9.17, 15) is 9.00 Å². The number of carboxylic acid groups (broad SMARTS) is 1. The maximum Gasteiger partial charge on any atom is 0.365 e. The number of hydrogen-bond donors (Lipinski definition) is 1. The van der Waals surface area contributed by atoms with E-state index in [2.05, 4.69) is 4.98 Å². The fraction of sp³-hybridized carbons (Fsp3) is 0.167. The van der Waals surface area contributed by atoms with Gasteiger partial charge in [-0.2, -0.15) is 0 Å². The van der Waals surface area contributed by atoms with E-state index in [1.807, 2.05) is 0 Å². The molecule has 0 fully saturated rings. The number of methoxy groups -OCH3 is 1. The van der Waals surface area contributed by atoms with Gasteiger partial charge < -0.3 is 9.84 Å². The highest BCUT2D eigenvalue weighted by Crippen LogP contribution is 2.23. The zero-order valence-corrected chi connectivity index (χ0v) is 11.7. The van der Waals surface area contributed by atoms with Crippen LogP contribution in [0.1, 0.15) is 15.5 Å². The van der Waals surface area contributed by atoms with E-state index in [4.69, 9.17) is 9.84 Å². The summed E-state index contributed by atoms with van der Waals surface area (Å²) in [6.45, 7) is 0. The van der Waals surface area contributed by atoms with Gasteiger partial charge in [-0.15, -0.1) is 11.3 Å². The van der Waals surface area contributed by atoms with Gasteiger partial charge in [-0.1, -0.05) is 12.1 Å². The van der Waals surface area contributed by atoms with E-state index >= 15 is 0 Å². The molecule has 0 saturated heterocycles. The van der Waals surface area contributed by atoms with Gasteiger partial charge in [-0.3, -0.25) is 4.21 Å². The predicted molar refractivity (Wildman–Crippen MR) is 72.2 cm³/mol. The third-order valence-corrected chi connectivity index (χ3v) is 4.59. The van der Waals surface area contributed by atoms with Crippen LogP contribution in [0.5, 0.6) is 5.75 Å². The van der Waals surface area contributed by atoms with Crippen LogP contribution >= 0.6 is 11.3 Å². The highest BCUT2D eigenvalue weighted by atomic mass is 32.2. The minimum atomic E-state index is -1.32. The molecule has 0 amide bonds. The number of hydrogen-bond acceptors (Lipinski definition) is 5. The first-order valence-electron chi connectivity index (χ1n) is 5.31. The average Bonchev–Trinajstić information content (AvgIpc) is 2.87. The van der Waals surface area contributed by atoms with Crippen molar-refractivity contribution in [1.82, 2.24) is 4.98 Å². The molecule has 1 aromatic carbocycles. The lowest BCUT2D eigenvalue weighted by Crippen LogP contribution is -2.01. The minimum Gasteiger partial charge on any atom is -0.495 e. The highest BCUT2D eigenvalue weighted by molar-refractivity contribution is 7.84. The normalized spacial score (nSPS) is 12.1. The quantitative estimate of drug-likeness (QED) is 0.915. The monoisotopic (exact) mass is 297 g/mol. The topological polar surface area (TPSA) is 76.5 Å². The second-order valence-corrected chi connectivity index (χ2v) is 5.87. The summed E-state index contributed by atoms with van der Waals surface area (Å²) in [5.41, 5.74) is 0.506. The molecule has 19 heavy (non-hydrogen) atoms. The minimum absolute atomic E-state index is 0.00651. The van der Waals surface area contributed by atoms with Crippen molar-refractivity contribution in [2.24, 2.45) is 0 Å². The molecule has 1 unspecified atom stereocenters. The number of carboxylic acids is 1. The van der Waals surface area contributed by atoms with Crippen molar-refractivity contribution < 1.29 is 18.8 Å². The Bertz CT molecular complexity index is 624. The van der Waals surface area contributed by atoms with E-state index < -0.39 is 16.8 Å². The van der Waals surface area contributed by atoms with Crippen LogP contribution < -0.4 is 4.74 Å². The Hall–Kier alpha value is -1.73. The van der Waals surface area contributed by atoms with Crippen LogP contribution in [0.4, 0.5) is 0 Å². The average molecular weight is 297 g/mol. The number of thiazole rings is 1. The van der Waals surface area contributed by atoms with Crippen molar-refractivity contribution in [2.45, 2.75) is 10.6 Å². The van der Waals surface area contributed by atoms with Crippen LogP contribution in [0.15, 0.2) is 34.5 Å². The molecule has 2 aromatic rings. The molecule has 0 saturated carbocycles. The standard InChI is InChI=1S/C12H11NO4S2/c1-17-9-4-2-3-5-10(9)19(16)7-8-6-18-11(13-8)12(14)15/h2-6H,7H2,1H3,(H,14,15). The van der Waals surface area contributed by atoms with E-state index in [0.717, 1.165) is 11.3 Å². The Balaban J connectivity index is 2.18. The molecule has 1 aromatic heterocycles. The molecule has 100 valence electrons. The second kappa shape index (κ2) is 5.94. The molecule has 7 heteroatoms. The summed E-state index contributed by atoms with van der Waals surface area (Å²) in [6.07, 6.45) is 0. The van der Waals surface area contributed by atoms with Crippen LogP contribution in [0.25, 0.3) is 0 Å². The van der Waals surface area contributed by atoms with Gasteiger partial charge >= 0.3 is 5.97 Å². The van der Waals surface area contributed by atoms with Crippen molar-refractivity contribution in [2.75, 3.05) is 7.11 Å². The smallest absolute Gasteiger partial charge is 0.365 e. The van der Waals surface area contributed by atoms with Gasteiger partial charge in [0.15, 0.2) is 0 Å². The van der Waals surface area contributed by atoms with Gasteiger partial charge in [0.25, 0.3) is 0 Å². The van der Waals surface area contributed by atoms with Crippen LogP contribution in [0.2, 0.25) is 0 Å². The molecule has 0 aliphatic heterocycles. The molecule has 1 atom stereocenters. The highest BCUT2D eigenvalue weighted by Gasteiger charge is 2.14. The zero-order chi connectivity index (χ0) is 13.8. The third-order valence-electron chi connectivity index (χ3n) is 2.33. The maximum atomic E-state index is 12.2. The molecule has 0 bridgehead atoms. The largest absolute Gasteiger partial charge is 0.495 e. The summed E-state index contributed by atoms with van der Waals surface area (Å²) < 4.78 is 17.4. The Morgan fingerprint density at radius 3 is 2.84 bits per heavy atom. The summed E-state index contributed by atoms with van der Waals surface area (Å²) in [6, 6.07) is 7.03. The molecule has 1 N–H and O–H groups in total. The zero-order valence-electron chi connectivity index (χ0n) is 10.0. The Morgan fingerprint density at radius 2 is 2.21 bits per heavy atom. The lowest BCUT2D eigenvalue weighted by atomic mass is 10.3. The van der Waals surface area contributed by atoms with Gasteiger partial charge in [0, 0.05) is 5.38 Å².